The van der Waals surface area contributed by atoms with Crippen LogP contribution in [0.2, 0.25) is 0 Å². The smallest absolute Gasteiger partial charge is 0.871 e. The first-order valence-electron chi connectivity index (χ1n) is 13.4. The monoisotopic (exact) mass is 878 g/mol. The summed E-state index contributed by atoms with van der Waals surface area (Å²) in [5.41, 5.74) is -0.882. The van der Waals surface area contributed by atoms with E-state index in [1.165, 1.54) is 36.4 Å². The van der Waals surface area contributed by atoms with Crippen molar-refractivity contribution >= 4 is 79.7 Å². The molecule has 0 saturated heterocycles. The maximum atomic E-state index is 11.3. The average Bonchev–Trinajstić information content (AvgIpc) is 3.07. The van der Waals surface area contributed by atoms with Crippen molar-refractivity contribution in [2.75, 3.05) is 0 Å². The van der Waals surface area contributed by atoms with E-state index < -0.39 is 62.3 Å². The molecule has 0 aliphatic carbocycles. The van der Waals surface area contributed by atoms with Crippen molar-refractivity contribution in [2.45, 2.75) is 14.7 Å². The Labute approximate surface area is 388 Å². The van der Waals surface area contributed by atoms with Crippen LogP contribution < -0.4 is 104 Å². The molecule has 0 saturated carbocycles. The summed E-state index contributed by atoms with van der Waals surface area (Å²) >= 11 is 0. The zero-order valence-corrected chi connectivity index (χ0v) is 37.8. The molecule has 6 aromatic rings. The molecule has 18 nitrogen and oxygen atoms in total. The fraction of sp³-hybridized carbons (Fsp3) is 0. The maximum absolute atomic E-state index is 11.3. The van der Waals surface area contributed by atoms with Gasteiger partial charge in [-0.15, -0.1) is 14.7 Å². The quantitative estimate of drug-likeness (QED) is 0.0857. The van der Waals surface area contributed by atoms with Crippen LogP contribution in [0.5, 0.6) is 17.2 Å². The van der Waals surface area contributed by atoms with Gasteiger partial charge in [0.15, 0.2) is 0 Å². The summed E-state index contributed by atoms with van der Waals surface area (Å²) in [5, 5.41) is 43.2. The predicted octanol–water partition coefficient (Wildman–Crippen LogP) is -5.34. The Morgan fingerprint density at radius 1 is 0.382 bits per heavy atom. The average molecular weight is 878 g/mol. The van der Waals surface area contributed by atoms with Gasteiger partial charge >= 0.3 is 106 Å². The van der Waals surface area contributed by atoms with Crippen molar-refractivity contribution < 1.29 is 160 Å². The normalized spacial score (nSPS) is 10.7. The van der Waals surface area contributed by atoms with Gasteiger partial charge in [0, 0.05) is 16.2 Å². The van der Waals surface area contributed by atoms with Gasteiger partial charge in [-0.1, -0.05) is 71.8 Å². The minimum atomic E-state index is -4.56. The van der Waals surface area contributed by atoms with Crippen molar-refractivity contribution in [2.24, 2.45) is 15.5 Å². The molecule has 25 heteroatoms. The van der Waals surface area contributed by atoms with Crippen molar-refractivity contribution in [1.82, 2.24) is 0 Å². The second-order valence-electron chi connectivity index (χ2n) is 10.0. The van der Waals surface area contributed by atoms with Crippen molar-refractivity contribution in [3.05, 3.63) is 106 Å². The van der Waals surface area contributed by atoms with Crippen LogP contribution >= 0.6 is 0 Å². The SMILES string of the molecule is O=Nc1c([O-])ccc2cc(S(=O)(=O)[O-])ccc12.O=Nc1c([O-])ccc2cc(S(=O)(=O)[O-])ccc12.O=Nc1c([O-])ccc2cc(S(=O)(=O)[O-])ccc12.[Fe+3].[Na+].[Na+].[Na+]. The van der Waals surface area contributed by atoms with Gasteiger partial charge in [-0.25, -0.2) is 25.3 Å². The van der Waals surface area contributed by atoms with E-state index in [9.17, 15) is 69.0 Å². The van der Waals surface area contributed by atoms with Gasteiger partial charge in [0.05, 0.1) is 14.7 Å². The number of hydrogen-bond acceptors (Lipinski definition) is 18. The minimum absolute atomic E-state index is 0. The molecule has 55 heavy (non-hydrogen) atoms. The van der Waals surface area contributed by atoms with E-state index in [2.05, 4.69) is 15.5 Å². The van der Waals surface area contributed by atoms with Gasteiger partial charge < -0.3 is 29.0 Å². The molecule has 0 spiro atoms. The molecule has 0 amide bonds. The molecule has 0 aromatic heterocycles. The van der Waals surface area contributed by atoms with E-state index in [1.807, 2.05) is 0 Å². The van der Waals surface area contributed by atoms with Crippen LogP contribution in [-0.4, -0.2) is 38.9 Å². The molecular formula is C30H15FeN3Na3O15S3. The summed E-state index contributed by atoms with van der Waals surface area (Å²) in [7, 11) is -13.7. The Bertz CT molecular complexity index is 2450. The largest absolute Gasteiger partial charge is 3.00 e. The Kier molecular flexibility index (Phi) is 20.4. The molecule has 0 heterocycles. The van der Waals surface area contributed by atoms with Gasteiger partial charge in [-0.2, -0.15) is 0 Å². The predicted molar refractivity (Wildman–Crippen MR) is 170 cm³/mol. The molecule has 6 aromatic carbocycles. The third-order valence-electron chi connectivity index (χ3n) is 6.92. The molecule has 6 rings (SSSR count). The van der Waals surface area contributed by atoms with Crippen LogP contribution in [0.15, 0.2) is 121 Å². The molecule has 269 valence electrons. The Morgan fingerprint density at radius 2 is 0.600 bits per heavy atom. The van der Waals surface area contributed by atoms with Gasteiger partial charge in [0.1, 0.15) is 47.4 Å². The number of fused-ring (bicyclic) bond motifs is 3. The summed E-state index contributed by atoms with van der Waals surface area (Å²) in [5.74, 6) is -1.65. The molecule has 0 bridgehead atoms. The van der Waals surface area contributed by atoms with Gasteiger partial charge in [0.2, 0.25) is 0 Å². The first-order chi connectivity index (χ1) is 23.8. The number of benzene rings is 6. The van der Waals surface area contributed by atoms with E-state index in [-0.39, 0.29) is 139 Å². The number of hydrogen-bond donors (Lipinski definition) is 0. The van der Waals surface area contributed by atoms with E-state index in [0.717, 1.165) is 54.6 Å². The van der Waals surface area contributed by atoms with Gasteiger partial charge in [0.25, 0.3) is 0 Å². The van der Waals surface area contributed by atoms with Crippen LogP contribution in [0.4, 0.5) is 17.1 Å². The van der Waals surface area contributed by atoms with Crippen LogP contribution in [0.1, 0.15) is 0 Å². The summed E-state index contributed by atoms with van der Waals surface area (Å²) < 4.78 is 97.2. The molecule has 0 unspecified atom stereocenters. The second-order valence-corrected chi connectivity index (χ2v) is 14.2. The van der Waals surface area contributed by atoms with E-state index in [4.69, 9.17) is 0 Å². The number of nitroso groups, excluding NO2 is 3. The summed E-state index contributed by atoms with van der Waals surface area (Å²) in [6.07, 6.45) is 0. The molecular weight excluding hydrogens is 863 g/mol. The zero-order valence-electron chi connectivity index (χ0n) is 28.2. The van der Waals surface area contributed by atoms with Crippen LogP contribution in [0, 0.1) is 14.7 Å². The van der Waals surface area contributed by atoms with E-state index in [1.54, 1.807) is 0 Å². The molecule has 0 fully saturated rings. The maximum Gasteiger partial charge on any atom is 3.00 e. The van der Waals surface area contributed by atoms with Gasteiger partial charge in [-0.05, 0) is 68.1 Å². The Hall–Kier alpha value is -2.45. The molecule has 0 aliphatic rings. The Balaban J connectivity index is 0.000000767. The molecule has 0 atom stereocenters. The standard InChI is InChI=1S/3C10H7NO5S.Fe.3Na/c3*12-9-4-1-6-5-7(17(14,15)16)2-3-8(6)10(9)11-13;;;;/h3*1-5,12H,(H,14,15,16);;;;/q;;;+3;3*+1/p-6. The fourth-order valence-corrected chi connectivity index (χ4v) is 6.08. The second kappa shape index (κ2) is 21.3. The molecule has 1 radical (unpaired) electrons. The summed E-state index contributed by atoms with van der Waals surface area (Å²) in [6.45, 7) is 0. The first kappa shape index (κ1) is 52.5. The van der Waals surface area contributed by atoms with Crippen molar-refractivity contribution in [3.63, 3.8) is 0 Å². The van der Waals surface area contributed by atoms with E-state index >= 15 is 0 Å². The van der Waals surface area contributed by atoms with E-state index in [0.29, 0.717) is 16.2 Å². The fourth-order valence-electron chi connectivity index (χ4n) is 4.56. The molecule has 0 N–H and O–H groups in total. The molecule has 0 aliphatic heterocycles. The third-order valence-corrected chi connectivity index (χ3v) is 9.41. The Morgan fingerprint density at radius 3 is 0.782 bits per heavy atom. The number of rotatable bonds is 6. The topological polar surface area (TPSA) is 329 Å². The summed E-state index contributed by atoms with van der Waals surface area (Å²) in [4.78, 5) is 30.2. The van der Waals surface area contributed by atoms with Crippen LogP contribution in [0.25, 0.3) is 32.3 Å². The minimum Gasteiger partial charge on any atom is -0.871 e. The van der Waals surface area contributed by atoms with Crippen LogP contribution in [-0.2, 0) is 47.4 Å². The van der Waals surface area contributed by atoms with Crippen molar-refractivity contribution in [3.8, 4) is 17.2 Å². The van der Waals surface area contributed by atoms with Crippen molar-refractivity contribution in [1.29, 1.82) is 0 Å². The third kappa shape index (κ3) is 12.8. The zero-order chi connectivity index (χ0) is 37.9. The summed E-state index contributed by atoms with van der Waals surface area (Å²) in [6, 6.07) is 17.4. The number of nitrogens with zero attached hydrogens (tertiary/aromatic N) is 3. The van der Waals surface area contributed by atoms with Crippen LogP contribution in [0.3, 0.4) is 0 Å². The first-order valence-corrected chi connectivity index (χ1v) is 17.6. The van der Waals surface area contributed by atoms with Gasteiger partial charge in [-0.3, -0.25) is 0 Å².